The number of nitrogens with one attached hydrogen (secondary N) is 2. The molecule has 0 aliphatic carbocycles. The van der Waals surface area contributed by atoms with E-state index < -0.39 is 11.7 Å². The van der Waals surface area contributed by atoms with E-state index in [2.05, 4.69) is 9.97 Å². The highest BCUT2D eigenvalue weighted by molar-refractivity contribution is 5.89. The number of carbonyl (C=O) groups is 1. The van der Waals surface area contributed by atoms with Crippen LogP contribution in [0, 0.1) is 0 Å². The van der Waals surface area contributed by atoms with Gasteiger partial charge < -0.3 is 9.88 Å². The van der Waals surface area contributed by atoms with Crippen molar-refractivity contribution in [3.8, 4) is 0 Å². The van der Waals surface area contributed by atoms with Gasteiger partial charge in [-0.2, -0.15) is 13.2 Å². The molecule has 1 saturated heterocycles. The van der Waals surface area contributed by atoms with Crippen LogP contribution < -0.4 is 9.88 Å². The molecule has 3 heterocycles. The Morgan fingerprint density at radius 3 is 2.50 bits per heavy atom. The first kappa shape index (κ1) is 18.3. The lowest BCUT2D eigenvalue weighted by Crippen LogP contribution is -2.50. The van der Waals surface area contributed by atoms with Crippen molar-refractivity contribution < 1.29 is 22.9 Å². The largest absolute Gasteiger partial charge is 0.419 e. The maximum absolute atomic E-state index is 12.7. The maximum Gasteiger partial charge on any atom is 0.419 e. The number of alkyl halides is 3. The summed E-state index contributed by atoms with van der Waals surface area (Å²) in [5.74, 6) is 0.678. The first-order chi connectivity index (χ1) is 13.4. The number of halogens is 3. The van der Waals surface area contributed by atoms with Crippen LogP contribution in [0.25, 0.3) is 10.9 Å². The van der Waals surface area contributed by atoms with Gasteiger partial charge >= 0.3 is 6.18 Å². The Morgan fingerprint density at radius 2 is 1.82 bits per heavy atom. The van der Waals surface area contributed by atoms with E-state index >= 15 is 0 Å². The number of hydrogen-bond acceptors (Lipinski definition) is 2. The normalized spacial score (nSPS) is 15.2. The second-order valence-electron chi connectivity index (χ2n) is 6.86. The number of carbonyl (C=O) groups excluding carboxylic acids is 1. The predicted molar refractivity (Wildman–Crippen MR) is 98.8 cm³/mol. The molecular weight excluding hydrogens is 369 g/mol. The van der Waals surface area contributed by atoms with Gasteiger partial charge in [-0.25, -0.2) is 4.98 Å². The average Bonchev–Trinajstić information content (AvgIpc) is 3.10. The third-order valence-corrected chi connectivity index (χ3v) is 5.11. The molecule has 2 N–H and O–H groups in total. The number of para-hydroxylation sites is 1. The second kappa shape index (κ2) is 7.18. The van der Waals surface area contributed by atoms with Gasteiger partial charge in [0, 0.05) is 23.2 Å². The van der Waals surface area contributed by atoms with Crippen molar-refractivity contribution in [2.75, 3.05) is 31.1 Å². The van der Waals surface area contributed by atoms with Crippen LogP contribution in [0.2, 0.25) is 0 Å². The molecule has 28 heavy (non-hydrogen) atoms. The molecule has 0 atom stereocenters. The van der Waals surface area contributed by atoms with Crippen LogP contribution in [0.1, 0.15) is 11.1 Å². The molecular formula is C20H20F3N4O+. The molecule has 0 bridgehead atoms. The number of rotatable bonds is 3. The molecule has 0 unspecified atom stereocenters. The first-order valence-electron chi connectivity index (χ1n) is 9.08. The molecule has 8 heteroatoms. The van der Waals surface area contributed by atoms with E-state index in [1.54, 1.807) is 0 Å². The highest BCUT2D eigenvalue weighted by Gasteiger charge is 2.33. The molecule has 1 fully saturated rings. The van der Waals surface area contributed by atoms with E-state index in [0.717, 1.165) is 28.7 Å². The van der Waals surface area contributed by atoms with Crippen LogP contribution in [0.5, 0.6) is 0 Å². The quantitative estimate of drug-likeness (QED) is 0.749. The van der Waals surface area contributed by atoms with Crippen LogP contribution >= 0.6 is 0 Å². The van der Waals surface area contributed by atoms with E-state index in [0.29, 0.717) is 38.4 Å². The molecule has 0 saturated carbocycles. The van der Waals surface area contributed by atoms with E-state index in [-0.39, 0.29) is 5.91 Å². The molecule has 3 aromatic rings. The Balaban J connectivity index is 1.36. The Kier molecular flexibility index (Phi) is 4.70. The minimum atomic E-state index is -4.36. The zero-order valence-corrected chi connectivity index (χ0v) is 15.1. The minimum absolute atomic E-state index is 0.0563. The maximum atomic E-state index is 12.7. The van der Waals surface area contributed by atoms with Gasteiger partial charge in [0.2, 0.25) is 5.91 Å². The van der Waals surface area contributed by atoms with Gasteiger partial charge in [-0.3, -0.25) is 9.69 Å². The second-order valence-corrected chi connectivity index (χ2v) is 6.86. The topological polar surface area (TPSA) is 53.5 Å². The summed E-state index contributed by atoms with van der Waals surface area (Å²) < 4.78 is 38.0. The molecule has 0 radical (unpaired) electrons. The number of aromatic amines is 2. The van der Waals surface area contributed by atoms with Crippen molar-refractivity contribution in [1.82, 2.24) is 9.88 Å². The van der Waals surface area contributed by atoms with Crippen LogP contribution in [-0.4, -0.2) is 42.0 Å². The molecule has 1 aliphatic rings. The Labute approximate surface area is 159 Å². The summed E-state index contributed by atoms with van der Waals surface area (Å²) in [5.41, 5.74) is 1.27. The lowest BCUT2D eigenvalue weighted by molar-refractivity contribution is -0.367. The minimum Gasteiger partial charge on any atom is -0.361 e. The fourth-order valence-corrected chi connectivity index (χ4v) is 3.54. The van der Waals surface area contributed by atoms with Gasteiger partial charge in [0.05, 0.1) is 25.1 Å². The smallest absolute Gasteiger partial charge is 0.361 e. The Morgan fingerprint density at radius 1 is 1.07 bits per heavy atom. The highest BCUT2D eigenvalue weighted by Crippen LogP contribution is 2.28. The lowest BCUT2D eigenvalue weighted by Gasteiger charge is -2.31. The van der Waals surface area contributed by atoms with Gasteiger partial charge in [-0.15, -0.1) is 0 Å². The van der Waals surface area contributed by atoms with Crippen molar-refractivity contribution in [3.05, 3.63) is 59.9 Å². The number of benzene rings is 1. The number of H-pyrrole nitrogens is 2. The number of aromatic nitrogens is 2. The van der Waals surface area contributed by atoms with Gasteiger partial charge in [0.15, 0.2) is 0 Å². The average molecular weight is 389 g/mol. The number of amides is 1. The fraction of sp³-hybridized carbons (Fsp3) is 0.300. The summed E-state index contributed by atoms with van der Waals surface area (Å²) >= 11 is 0. The number of pyridine rings is 1. The summed E-state index contributed by atoms with van der Waals surface area (Å²) in [5, 5.41) is 1.05. The molecule has 4 rings (SSSR count). The van der Waals surface area contributed by atoms with Gasteiger partial charge in [-0.1, -0.05) is 18.2 Å². The number of fused-ring (bicyclic) bond motifs is 1. The Hall–Kier alpha value is -3.03. The van der Waals surface area contributed by atoms with Gasteiger partial charge in [-0.05, 0) is 17.7 Å². The van der Waals surface area contributed by atoms with Crippen LogP contribution in [0.3, 0.4) is 0 Å². The number of anilines is 1. The first-order valence-corrected chi connectivity index (χ1v) is 9.08. The van der Waals surface area contributed by atoms with Crippen molar-refractivity contribution >= 4 is 22.6 Å². The van der Waals surface area contributed by atoms with Crippen molar-refractivity contribution in [1.29, 1.82) is 0 Å². The molecule has 2 aromatic heterocycles. The van der Waals surface area contributed by atoms with Crippen LogP contribution in [0.4, 0.5) is 19.0 Å². The summed E-state index contributed by atoms with van der Waals surface area (Å²) in [4.78, 5) is 22.3. The zero-order chi connectivity index (χ0) is 19.7. The molecule has 5 nitrogen and oxygen atoms in total. The van der Waals surface area contributed by atoms with E-state index in [1.807, 2.05) is 40.3 Å². The Bertz CT molecular complexity index is 973. The fourth-order valence-electron chi connectivity index (χ4n) is 3.54. The van der Waals surface area contributed by atoms with E-state index in [9.17, 15) is 18.0 Å². The van der Waals surface area contributed by atoms with Crippen LogP contribution in [0.15, 0.2) is 48.8 Å². The van der Waals surface area contributed by atoms with Crippen molar-refractivity contribution in [2.45, 2.75) is 12.6 Å². The molecule has 0 spiro atoms. The predicted octanol–water partition coefficient (Wildman–Crippen LogP) is 2.89. The molecule has 146 valence electrons. The van der Waals surface area contributed by atoms with Crippen LogP contribution in [-0.2, 0) is 17.4 Å². The summed E-state index contributed by atoms with van der Waals surface area (Å²) in [6.07, 6.45) is -1.18. The standard InChI is InChI=1S/C20H19F3N4O/c21-20(22,23)15-5-6-18(25-13-15)26-7-9-27(10-8-26)19(28)11-14-12-24-17-4-2-1-3-16(14)17/h1-6,12-13,24H,7-11H2/p+1. The summed E-state index contributed by atoms with van der Waals surface area (Å²) in [7, 11) is 0. The van der Waals surface area contributed by atoms with Crippen molar-refractivity contribution in [2.24, 2.45) is 0 Å². The zero-order valence-electron chi connectivity index (χ0n) is 15.1. The van der Waals surface area contributed by atoms with Gasteiger partial charge in [0.25, 0.3) is 5.82 Å². The number of hydrogen-bond donors (Lipinski definition) is 1. The SMILES string of the molecule is O=C(Cc1c[nH]c2ccccc12)N1CCN(c2ccc(C(F)(F)F)c[nH+]2)CC1. The molecule has 1 amide bonds. The number of piperazine rings is 1. The highest BCUT2D eigenvalue weighted by atomic mass is 19.4. The lowest BCUT2D eigenvalue weighted by atomic mass is 10.1. The van der Waals surface area contributed by atoms with Gasteiger partial charge in [0.1, 0.15) is 19.3 Å². The van der Waals surface area contributed by atoms with E-state index in [1.165, 1.54) is 6.07 Å². The third kappa shape index (κ3) is 3.67. The molecule has 1 aliphatic heterocycles. The van der Waals surface area contributed by atoms with Crippen molar-refractivity contribution in [3.63, 3.8) is 0 Å². The summed E-state index contributed by atoms with van der Waals surface area (Å²) in [6, 6.07) is 10.4. The monoisotopic (exact) mass is 389 g/mol. The summed E-state index contributed by atoms with van der Waals surface area (Å²) in [6.45, 7) is 2.22. The molecule has 1 aromatic carbocycles. The number of nitrogens with zero attached hydrogens (tertiary/aromatic N) is 2. The van der Waals surface area contributed by atoms with E-state index in [4.69, 9.17) is 0 Å². The third-order valence-electron chi connectivity index (χ3n) is 5.11.